The first-order chi connectivity index (χ1) is 10.7. The lowest BCUT2D eigenvalue weighted by molar-refractivity contribution is -0.136. The lowest BCUT2D eigenvalue weighted by Gasteiger charge is -2.08. The average Bonchev–Trinajstić information content (AvgIpc) is 2.57. The van der Waals surface area contributed by atoms with Gasteiger partial charge in [0.05, 0.1) is 12.2 Å². The second kappa shape index (κ2) is 7.78. The molecule has 0 fully saturated rings. The van der Waals surface area contributed by atoms with Crippen molar-refractivity contribution in [2.45, 2.75) is 6.92 Å². The van der Waals surface area contributed by atoms with E-state index in [-0.39, 0.29) is 12.5 Å². The average molecular weight is 295 g/mol. The predicted molar refractivity (Wildman–Crippen MR) is 85.0 cm³/mol. The molecule has 0 atom stereocenters. The molecule has 0 aliphatic heterocycles. The summed E-state index contributed by atoms with van der Waals surface area (Å²) in [4.78, 5) is 24.1. The van der Waals surface area contributed by atoms with Crippen LogP contribution in [0, 0.1) is 0 Å². The van der Waals surface area contributed by atoms with E-state index in [0.717, 1.165) is 0 Å². The molecule has 0 heterocycles. The predicted octanol–water partition coefficient (Wildman–Crippen LogP) is 3.02. The van der Waals surface area contributed by atoms with Crippen LogP contribution in [0.1, 0.15) is 22.8 Å². The fourth-order valence-corrected chi connectivity index (χ4v) is 1.90. The molecule has 112 valence electrons. The summed E-state index contributed by atoms with van der Waals surface area (Å²) in [7, 11) is 0. The Kier molecular flexibility index (Phi) is 5.49. The topological polar surface area (TPSA) is 55.4 Å². The maximum Gasteiger partial charge on any atom is 0.340 e. The molecule has 4 heteroatoms. The molecular formula is C18H17NO3. The number of benzene rings is 2. The number of esters is 1. The normalized spacial score (nSPS) is 10.9. The van der Waals surface area contributed by atoms with E-state index in [1.165, 1.54) is 6.20 Å². The summed E-state index contributed by atoms with van der Waals surface area (Å²) in [5.74, 6) is -0.750. The second-order valence-electron chi connectivity index (χ2n) is 4.48. The summed E-state index contributed by atoms with van der Waals surface area (Å²) in [5.41, 5.74) is 1.52. The first kappa shape index (κ1) is 15.5. The highest BCUT2D eigenvalue weighted by Gasteiger charge is 2.13. The summed E-state index contributed by atoms with van der Waals surface area (Å²) < 4.78 is 5.04. The van der Waals surface area contributed by atoms with Crippen LogP contribution in [-0.4, -0.2) is 18.5 Å². The standard InChI is InChI=1S/C18H17NO3/c1-2-22-18(21)16(14-9-5-3-6-10-14)13-19-17(20)15-11-7-4-8-12-15/h3-13H,2H2,1H3,(H,19,20). The van der Waals surface area contributed by atoms with Gasteiger partial charge in [0.2, 0.25) is 0 Å². The van der Waals surface area contributed by atoms with Crippen molar-refractivity contribution >= 4 is 17.4 Å². The molecule has 0 bridgehead atoms. The van der Waals surface area contributed by atoms with Gasteiger partial charge >= 0.3 is 5.97 Å². The number of nitrogens with one attached hydrogen (secondary N) is 1. The van der Waals surface area contributed by atoms with Crippen molar-refractivity contribution in [1.29, 1.82) is 0 Å². The third-order valence-corrected chi connectivity index (χ3v) is 2.96. The fraction of sp³-hybridized carbons (Fsp3) is 0.111. The van der Waals surface area contributed by atoms with Gasteiger partial charge in [-0.2, -0.15) is 0 Å². The molecule has 0 aliphatic rings. The molecule has 0 saturated heterocycles. The number of carbonyl (C=O) groups excluding carboxylic acids is 2. The summed E-state index contributed by atoms with van der Waals surface area (Å²) in [6.45, 7) is 2.01. The monoisotopic (exact) mass is 295 g/mol. The van der Waals surface area contributed by atoms with Gasteiger partial charge in [0.25, 0.3) is 5.91 Å². The summed E-state index contributed by atoms with van der Waals surface area (Å²) in [5, 5.41) is 2.64. The summed E-state index contributed by atoms with van der Waals surface area (Å²) in [6, 6.07) is 17.9. The minimum atomic E-state index is -0.470. The van der Waals surface area contributed by atoms with Crippen LogP contribution in [0.15, 0.2) is 66.9 Å². The maximum atomic E-state index is 12.1. The minimum Gasteiger partial charge on any atom is -0.462 e. The van der Waals surface area contributed by atoms with Gasteiger partial charge < -0.3 is 10.1 Å². The largest absolute Gasteiger partial charge is 0.462 e. The molecule has 2 aromatic rings. The summed E-state index contributed by atoms with van der Waals surface area (Å²) >= 11 is 0. The van der Waals surface area contributed by atoms with E-state index in [1.54, 1.807) is 43.3 Å². The van der Waals surface area contributed by atoms with Gasteiger partial charge in [-0.25, -0.2) is 4.79 Å². The van der Waals surface area contributed by atoms with Crippen molar-refractivity contribution in [1.82, 2.24) is 5.32 Å². The maximum absolute atomic E-state index is 12.1. The van der Waals surface area contributed by atoms with Gasteiger partial charge in [0, 0.05) is 11.8 Å². The van der Waals surface area contributed by atoms with Crippen LogP contribution in [0.4, 0.5) is 0 Å². The van der Waals surface area contributed by atoms with E-state index >= 15 is 0 Å². The highest BCUT2D eigenvalue weighted by atomic mass is 16.5. The molecule has 0 spiro atoms. The van der Waals surface area contributed by atoms with Crippen LogP contribution in [0.2, 0.25) is 0 Å². The van der Waals surface area contributed by atoms with E-state index in [9.17, 15) is 9.59 Å². The molecule has 1 N–H and O–H groups in total. The zero-order valence-corrected chi connectivity index (χ0v) is 12.3. The van der Waals surface area contributed by atoms with Crippen molar-refractivity contribution in [3.63, 3.8) is 0 Å². The Bertz CT molecular complexity index is 663. The van der Waals surface area contributed by atoms with E-state index in [4.69, 9.17) is 4.74 Å². The second-order valence-corrected chi connectivity index (χ2v) is 4.48. The van der Waals surface area contributed by atoms with Crippen LogP contribution < -0.4 is 5.32 Å². The first-order valence-corrected chi connectivity index (χ1v) is 7.01. The Morgan fingerprint density at radius 2 is 1.50 bits per heavy atom. The van der Waals surface area contributed by atoms with Crippen molar-refractivity contribution < 1.29 is 14.3 Å². The Hall–Kier alpha value is -2.88. The number of carbonyl (C=O) groups is 2. The number of amides is 1. The smallest absolute Gasteiger partial charge is 0.340 e. The van der Waals surface area contributed by atoms with Crippen molar-refractivity contribution in [3.05, 3.63) is 78.0 Å². The molecule has 4 nitrogen and oxygen atoms in total. The van der Waals surface area contributed by atoms with Crippen molar-refractivity contribution in [2.75, 3.05) is 6.61 Å². The number of ether oxygens (including phenoxy) is 1. The van der Waals surface area contributed by atoms with E-state index < -0.39 is 5.97 Å². The zero-order valence-electron chi connectivity index (χ0n) is 12.3. The first-order valence-electron chi connectivity index (χ1n) is 7.01. The molecule has 22 heavy (non-hydrogen) atoms. The van der Waals surface area contributed by atoms with Gasteiger partial charge in [0.1, 0.15) is 0 Å². The van der Waals surface area contributed by atoms with Gasteiger partial charge in [-0.05, 0) is 24.6 Å². The van der Waals surface area contributed by atoms with Crippen molar-refractivity contribution in [3.8, 4) is 0 Å². The molecule has 0 aromatic heterocycles. The number of hydrogen-bond donors (Lipinski definition) is 1. The molecule has 0 aliphatic carbocycles. The van der Waals surface area contributed by atoms with E-state index in [1.807, 2.05) is 24.3 Å². The zero-order chi connectivity index (χ0) is 15.8. The Labute approximate surface area is 129 Å². The molecule has 0 saturated carbocycles. The van der Waals surface area contributed by atoms with E-state index in [2.05, 4.69) is 5.32 Å². The highest BCUT2D eigenvalue weighted by Crippen LogP contribution is 2.15. The molecule has 0 radical (unpaired) electrons. The van der Waals surface area contributed by atoms with Crippen LogP contribution in [0.3, 0.4) is 0 Å². The third kappa shape index (κ3) is 4.06. The van der Waals surface area contributed by atoms with Crippen LogP contribution in [0.25, 0.3) is 5.57 Å². The molecular weight excluding hydrogens is 278 g/mol. The SMILES string of the molecule is CCOC(=O)C(=CNC(=O)c1ccccc1)c1ccccc1. The third-order valence-electron chi connectivity index (χ3n) is 2.96. The fourth-order valence-electron chi connectivity index (χ4n) is 1.90. The van der Waals surface area contributed by atoms with Crippen LogP contribution in [0.5, 0.6) is 0 Å². The molecule has 1 amide bonds. The van der Waals surface area contributed by atoms with Crippen molar-refractivity contribution in [2.24, 2.45) is 0 Å². The highest BCUT2D eigenvalue weighted by molar-refractivity contribution is 6.17. The quantitative estimate of drug-likeness (QED) is 0.681. The minimum absolute atomic E-state index is 0.273. The lowest BCUT2D eigenvalue weighted by atomic mass is 10.1. The van der Waals surface area contributed by atoms with Gasteiger partial charge in [0.15, 0.2) is 0 Å². The Balaban J connectivity index is 2.22. The lowest BCUT2D eigenvalue weighted by Crippen LogP contribution is -2.19. The van der Waals surface area contributed by atoms with Gasteiger partial charge in [-0.15, -0.1) is 0 Å². The Morgan fingerprint density at radius 1 is 0.955 bits per heavy atom. The molecule has 2 rings (SSSR count). The molecule has 0 unspecified atom stereocenters. The number of rotatable bonds is 5. The summed E-state index contributed by atoms with van der Waals surface area (Å²) in [6.07, 6.45) is 1.39. The molecule has 2 aromatic carbocycles. The van der Waals surface area contributed by atoms with E-state index in [0.29, 0.717) is 16.7 Å². The Morgan fingerprint density at radius 3 is 2.05 bits per heavy atom. The van der Waals surface area contributed by atoms with Gasteiger partial charge in [-0.1, -0.05) is 48.5 Å². The number of hydrogen-bond acceptors (Lipinski definition) is 3. The van der Waals surface area contributed by atoms with Gasteiger partial charge in [-0.3, -0.25) is 4.79 Å². The van der Waals surface area contributed by atoms with Crippen LogP contribution >= 0.6 is 0 Å². The van der Waals surface area contributed by atoms with Crippen LogP contribution in [-0.2, 0) is 9.53 Å².